The lowest BCUT2D eigenvalue weighted by atomic mass is 9.87. The molecule has 1 atom stereocenters. The Kier molecular flexibility index (Phi) is 4.17. The van der Waals surface area contributed by atoms with Crippen LogP contribution in [0.3, 0.4) is 0 Å². The molecule has 25 heavy (non-hydrogen) atoms. The highest BCUT2D eigenvalue weighted by molar-refractivity contribution is 6.30. The summed E-state index contributed by atoms with van der Waals surface area (Å²) in [7, 11) is 0. The highest BCUT2D eigenvalue weighted by atomic mass is 35.5. The average Bonchev–Trinajstić information content (AvgIpc) is 2.80. The molecule has 0 unspecified atom stereocenters. The van der Waals surface area contributed by atoms with E-state index in [9.17, 15) is 9.59 Å². The van der Waals surface area contributed by atoms with E-state index in [-0.39, 0.29) is 24.3 Å². The van der Waals surface area contributed by atoms with Gasteiger partial charge in [-0.05, 0) is 24.1 Å². The van der Waals surface area contributed by atoms with Gasteiger partial charge in [0.05, 0.1) is 6.54 Å². The van der Waals surface area contributed by atoms with E-state index in [0.29, 0.717) is 17.0 Å². The van der Waals surface area contributed by atoms with Crippen LogP contribution in [-0.2, 0) is 16.9 Å². The summed E-state index contributed by atoms with van der Waals surface area (Å²) in [5, 5.41) is 3.30. The molecule has 9 nitrogen and oxygen atoms in total. The largest absolute Gasteiger partial charge is 0.368 e. The quantitative estimate of drug-likeness (QED) is 0.691. The zero-order valence-corrected chi connectivity index (χ0v) is 14.1. The minimum absolute atomic E-state index is 0.0750. The Morgan fingerprint density at radius 2 is 1.72 bits per heavy atom. The van der Waals surface area contributed by atoms with Gasteiger partial charge in [-0.3, -0.25) is 9.69 Å². The summed E-state index contributed by atoms with van der Waals surface area (Å²) in [5.41, 5.74) is 10.5. The van der Waals surface area contributed by atoms with Gasteiger partial charge < -0.3 is 16.8 Å². The van der Waals surface area contributed by atoms with Crippen molar-refractivity contribution in [2.45, 2.75) is 25.4 Å². The van der Waals surface area contributed by atoms with Crippen LogP contribution in [0.1, 0.15) is 24.7 Å². The number of carbonyl (C=O) groups is 2. The summed E-state index contributed by atoms with van der Waals surface area (Å²) in [6, 6.07) is 6.23. The molecule has 3 amide bonds. The van der Waals surface area contributed by atoms with Crippen molar-refractivity contribution in [3.8, 4) is 0 Å². The van der Waals surface area contributed by atoms with Crippen LogP contribution in [0.2, 0.25) is 5.02 Å². The van der Waals surface area contributed by atoms with Crippen molar-refractivity contribution in [1.82, 2.24) is 25.2 Å². The van der Waals surface area contributed by atoms with E-state index in [2.05, 4.69) is 20.3 Å². The van der Waals surface area contributed by atoms with Crippen LogP contribution < -0.4 is 16.8 Å². The molecule has 1 fully saturated rings. The van der Waals surface area contributed by atoms with E-state index in [4.69, 9.17) is 23.1 Å². The number of urea groups is 1. The fraction of sp³-hybridized carbons (Fsp3) is 0.267. The molecule has 5 N–H and O–H groups in total. The van der Waals surface area contributed by atoms with E-state index < -0.39 is 17.5 Å². The van der Waals surface area contributed by atoms with Crippen molar-refractivity contribution in [3.05, 3.63) is 40.7 Å². The van der Waals surface area contributed by atoms with Crippen LogP contribution in [0.5, 0.6) is 0 Å². The number of halogens is 1. The fourth-order valence-electron chi connectivity index (χ4n) is 2.81. The molecule has 0 aliphatic carbocycles. The molecule has 2 aromatic rings. The molecule has 10 heteroatoms. The Balaban J connectivity index is 1.94. The highest BCUT2D eigenvalue weighted by Gasteiger charge is 2.51. The number of rotatable bonds is 4. The molecule has 0 spiro atoms. The van der Waals surface area contributed by atoms with Crippen LogP contribution in [0, 0.1) is 0 Å². The number of nitrogens with zero attached hydrogens (tertiary/aromatic N) is 4. The number of hydrogen-bond acceptors (Lipinski definition) is 7. The van der Waals surface area contributed by atoms with E-state index in [0.717, 1.165) is 4.90 Å². The number of nitrogens with one attached hydrogen (secondary N) is 1. The van der Waals surface area contributed by atoms with Crippen molar-refractivity contribution in [3.63, 3.8) is 0 Å². The van der Waals surface area contributed by atoms with E-state index >= 15 is 0 Å². The molecule has 0 radical (unpaired) electrons. The third kappa shape index (κ3) is 2.93. The van der Waals surface area contributed by atoms with Gasteiger partial charge in [-0.25, -0.2) is 4.79 Å². The van der Waals surface area contributed by atoms with Gasteiger partial charge in [0.2, 0.25) is 11.9 Å². The summed E-state index contributed by atoms with van der Waals surface area (Å²) in [5.74, 6) is -0.417. The van der Waals surface area contributed by atoms with Gasteiger partial charge in [0, 0.05) is 5.02 Å². The van der Waals surface area contributed by atoms with Crippen molar-refractivity contribution in [2.75, 3.05) is 11.5 Å². The van der Waals surface area contributed by atoms with E-state index in [1.807, 2.05) is 6.92 Å². The van der Waals surface area contributed by atoms with Crippen molar-refractivity contribution in [1.29, 1.82) is 0 Å². The van der Waals surface area contributed by atoms with Crippen molar-refractivity contribution in [2.24, 2.45) is 0 Å². The average molecular weight is 362 g/mol. The molecule has 3 rings (SSSR count). The number of hydrogen-bond donors (Lipinski definition) is 3. The van der Waals surface area contributed by atoms with Gasteiger partial charge in [0.25, 0.3) is 5.91 Å². The third-order valence-electron chi connectivity index (χ3n) is 4.06. The maximum atomic E-state index is 13.0. The molecule has 0 saturated carbocycles. The summed E-state index contributed by atoms with van der Waals surface area (Å²) >= 11 is 5.91. The SMILES string of the molecule is CC[C@]1(c2ccc(Cl)cc2)NC(=O)N(Cc2nc(N)nc(N)n2)C1=O. The number of amides is 3. The van der Waals surface area contributed by atoms with Gasteiger partial charge in [0.15, 0.2) is 5.82 Å². The minimum atomic E-state index is -1.16. The maximum Gasteiger partial charge on any atom is 0.325 e. The van der Waals surface area contributed by atoms with Crippen LogP contribution in [0.25, 0.3) is 0 Å². The second-order valence-corrected chi connectivity index (χ2v) is 5.99. The Morgan fingerprint density at radius 1 is 1.12 bits per heavy atom. The molecule has 1 aliphatic rings. The Labute approximate surface area is 148 Å². The molecule has 130 valence electrons. The zero-order chi connectivity index (χ0) is 18.2. The summed E-state index contributed by atoms with van der Waals surface area (Å²) < 4.78 is 0. The number of benzene rings is 1. The van der Waals surface area contributed by atoms with Gasteiger partial charge >= 0.3 is 6.03 Å². The summed E-state index contributed by atoms with van der Waals surface area (Å²) in [6.07, 6.45) is 0.372. The molecule has 2 heterocycles. The zero-order valence-electron chi connectivity index (χ0n) is 13.4. The number of nitrogens with two attached hydrogens (primary N) is 2. The first-order valence-electron chi connectivity index (χ1n) is 7.52. The number of aromatic nitrogens is 3. The first-order chi connectivity index (χ1) is 11.9. The van der Waals surface area contributed by atoms with Crippen LogP contribution in [0.4, 0.5) is 16.7 Å². The molecular weight excluding hydrogens is 346 g/mol. The second-order valence-electron chi connectivity index (χ2n) is 5.56. The lowest BCUT2D eigenvalue weighted by molar-refractivity contribution is -0.132. The molecular formula is C15H16ClN7O2. The number of carbonyl (C=O) groups excluding carboxylic acids is 2. The van der Waals surface area contributed by atoms with Gasteiger partial charge in [-0.2, -0.15) is 15.0 Å². The third-order valence-corrected chi connectivity index (χ3v) is 4.31. The molecule has 1 aliphatic heterocycles. The van der Waals surface area contributed by atoms with Gasteiger partial charge in [-0.15, -0.1) is 0 Å². The first-order valence-corrected chi connectivity index (χ1v) is 7.89. The van der Waals surface area contributed by atoms with E-state index in [1.54, 1.807) is 24.3 Å². The van der Waals surface area contributed by atoms with Crippen LogP contribution in [0.15, 0.2) is 24.3 Å². The Morgan fingerprint density at radius 3 is 2.28 bits per heavy atom. The Bertz CT molecular complexity index is 822. The molecule has 1 aromatic carbocycles. The fourth-order valence-corrected chi connectivity index (χ4v) is 2.94. The van der Waals surface area contributed by atoms with Crippen LogP contribution in [-0.4, -0.2) is 31.8 Å². The molecule has 0 bridgehead atoms. The topological polar surface area (TPSA) is 140 Å². The van der Waals surface area contributed by atoms with Gasteiger partial charge in [0.1, 0.15) is 5.54 Å². The number of anilines is 2. The van der Waals surface area contributed by atoms with Crippen molar-refractivity contribution >= 4 is 35.4 Å². The van der Waals surface area contributed by atoms with Crippen molar-refractivity contribution < 1.29 is 9.59 Å². The van der Waals surface area contributed by atoms with Gasteiger partial charge in [-0.1, -0.05) is 30.7 Å². The maximum absolute atomic E-state index is 13.0. The normalized spacial score (nSPS) is 20.0. The smallest absolute Gasteiger partial charge is 0.325 e. The number of nitrogen functional groups attached to an aromatic ring is 2. The molecule has 1 aromatic heterocycles. The minimum Gasteiger partial charge on any atom is -0.368 e. The Hall–Kier alpha value is -2.94. The predicted octanol–water partition coefficient (Wildman–Crippen LogP) is 1.05. The molecule has 1 saturated heterocycles. The van der Waals surface area contributed by atoms with E-state index in [1.165, 1.54) is 0 Å². The first kappa shape index (κ1) is 16.9. The lowest BCUT2D eigenvalue weighted by Gasteiger charge is -2.25. The standard InChI is InChI=1S/C15H16ClN7O2/c1-2-15(8-3-5-9(16)6-4-8)11(24)23(14(25)22-15)7-10-19-12(17)21-13(18)20-10/h3-6H,2,7H2,1H3,(H,22,25)(H4,17,18,19,20,21)/t15-/m1/s1. The van der Waals surface area contributed by atoms with Crippen LogP contribution >= 0.6 is 11.6 Å². The highest BCUT2D eigenvalue weighted by Crippen LogP contribution is 2.33. The predicted molar refractivity (Wildman–Crippen MR) is 91.2 cm³/mol. The summed E-state index contributed by atoms with van der Waals surface area (Å²) in [6.45, 7) is 1.66. The second kappa shape index (κ2) is 6.17. The lowest BCUT2D eigenvalue weighted by Crippen LogP contribution is -2.43. The number of imide groups is 1. The monoisotopic (exact) mass is 361 g/mol. The summed E-state index contributed by atoms with van der Waals surface area (Å²) in [4.78, 5) is 37.9.